The Morgan fingerprint density at radius 2 is 1.92 bits per heavy atom. The molecule has 0 radical (unpaired) electrons. The molecule has 140 valence electrons. The highest BCUT2D eigenvalue weighted by Gasteiger charge is 2.15. The van der Waals surface area contributed by atoms with Gasteiger partial charge in [-0.15, -0.1) is 11.8 Å². The minimum atomic E-state index is 0.573. The normalized spacial score (nSPS) is 15.1. The van der Waals surface area contributed by atoms with Gasteiger partial charge in [0.05, 0.1) is 23.8 Å². The average Bonchev–Trinajstić information content (AvgIpc) is 2.64. The van der Waals surface area contributed by atoms with Crippen LogP contribution >= 0.6 is 11.8 Å². The molecule has 0 bridgehead atoms. The monoisotopic (exact) mass is 366 g/mol. The van der Waals surface area contributed by atoms with Crippen molar-refractivity contribution in [1.82, 2.24) is 15.2 Å². The van der Waals surface area contributed by atoms with Gasteiger partial charge in [-0.05, 0) is 25.9 Å². The number of rotatable bonds is 9. The number of nitrogens with one attached hydrogen (secondary N) is 2. The summed E-state index contributed by atoms with van der Waals surface area (Å²) < 4.78 is 0. The molecule has 4 N–H and O–H groups in total. The summed E-state index contributed by atoms with van der Waals surface area (Å²) in [6.07, 6.45) is 0.993. The molecule has 0 aromatic heterocycles. The van der Waals surface area contributed by atoms with Crippen molar-refractivity contribution in [2.24, 2.45) is 10.8 Å². The van der Waals surface area contributed by atoms with Crippen LogP contribution in [0.5, 0.6) is 0 Å². The van der Waals surface area contributed by atoms with E-state index in [1.165, 1.54) is 0 Å². The fourth-order valence-corrected chi connectivity index (χ4v) is 3.25. The van der Waals surface area contributed by atoms with Crippen molar-refractivity contribution in [2.45, 2.75) is 0 Å². The van der Waals surface area contributed by atoms with E-state index in [0.717, 1.165) is 62.0 Å². The Bertz CT molecular complexity index is 494. The van der Waals surface area contributed by atoms with E-state index in [1.54, 1.807) is 7.05 Å². The number of anilines is 1. The van der Waals surface area contributed by atoms with E-state index in [1.807, 2.05) is 36.0 Å². The lowest BCUT2D eigenvalue weighted by Gasteiger charge is -2.33. The van der Waals surface area contributed by atoms with Gasteiger partial charge in [0.1, 0.15) is 6.29 Å². The molecule has 0 aliphatic carbocycles. The van der Waals surface area contributed by atoms with Gasteiger partial charge in [0.25, 0.3) is 0 Å². The van der Waals surface area contributed by atoms with Gasteiger partial charge >= 0.3 is 0 Å². The largest absolute Gasteiger partial charge is 0.374 e. The Hall–Kier alpha value is -1.45. The summed E-state index contributed by atoms with van der Waals surface area (Å²) in [6, 6.07) is 7.95. The van der Waals surface area contributed by atoms with Crippen LogP contribution in [0.15, 0.2) is 29.3 Å². The molecule has 2 rings (SSSR count). The SMILES string of the molecule is C=Nc1ccccc1NCSCCN1CCN(CC=O)CC1.CNN. The van der Waals surface area contributed by atoms with Gasteiger partial charge in [0.2, 0.25) is 0 Å². The molecule has 0 atom stereocenters. The Morgan fingerprint density at radius 3 is 2.56 bits per heavy atom. The smallest absolute Gasteiger partial charge is 0.133 e. The number of aliphatic imine (C=N–C) groups is 1. The molecule has 1 aliphatic rings. The van der Waals surface area contributed by atoms with E-state index in [2.05, 4.69) is 38.1 Å². The van der Waals surface area contributed by atoms with Crippen LogP contribution in [0, 0.1) is 0 Å². The number of nitrogens with two attached hydrogens (primary N) is 1. The molecule has 8 heteroatoms. The third-order valence-electron chi connectivity index (χ3n) is 3.79. The van der Waals surface area contributed by atoms with E-state index in [0.29, 0.717) is 6.54 Å². The van der Waals surface area contributed by atoms with Gasteiger partial charge in [0, 0.05) is 38.5 Å². The van der Waals surface area contributed by atoms with Crippen molar-refractivity contribution in [3.05, 3.63) is 24.3 Å². The standard InChI is InChI=1S/C16H24N4OS.CH6N2/c1-17-15-4-2-3-5-16(15)18-14-22-13-11-20-8-6-19(7-9-20)10-12-21;1-3-2/h2-5,12,18H,1,6-11,13-14H2;3H,2H2,1H3. The maximum Gasteiger partial charge on any atom is 0.133 e. The fourth-order valence-electron chi connectivity index (χ4n) is 2.46. The number of hydrogen-bond donors (Lipinski definition) is 3. The summed E-state index contributed by atoms with van der Waals surface area (Å²) in [5.41, 5.74) is 4.18. The Balaban J connectivity index is 0.000000970. The Labute approximate surface area is 155 Å². The lowest BCUT2D eigenvalue weighted by atomic mass is 10.3. The van der Waals surface area contributed by atoms with E-state index in [4.69, 9.17) is 0 Å². The second kappa shape index (κ2) is 13.8. The van der Waals surface area contributed by atoms with Crippen LogP contribution in [0.3, 0.4) is 0 Å². The van der Waals surface area contributed by atoms with Crippen LogP contribution in [0.25, 0.3) is 0 Å². The molecule has 1 aromatic rings. The van der Waals surface area contributed by atoms with E-state index < -0.39 is 0 Å². The van der Waals surface area contributed by atoms with E-state index in [9.17, 15) is 4.79 Å². The first kappa shape index (κ1) is 21.6. The maximum absolute atomic E-state index is 10.5. The second-order valence-electron chi connectivity index (χ2n) is 5.50. The molecule has 0 spiro atoms. The number of piperazine rings is 1. The molecule has 0 amide bonds. The number of carbonyl (C=O) groups excluding carboxylic acids is 1. The number of hydrogen-bond acceptors (Lipinski definition) is 8. The first-order chi connectivity index (χ1) is 12.2. The van der Waals surface area contributed by atoms with Gasteiger partial charge in [-0.1, -0.05) is 12.1 Å². The zero-order valence-electron chi connectivity index (χ0n) is 15.0. The summed E-state index contributed by atoms with van der Waals surface area (Å²) in [5.74, 6) is 6.57. The Kier molecular flexibility index (Phi) is 11.9. The molecule has 1 aliphatic heterocycles. The number of aldehydes is 1. The highest BCUT2D eigenvalue weighted by atomic mass is 32.2. The van der Waals surface area contributed by atoms with Crippen molar-refractivity contribution >= 4 is 36.1 Å². The van der Waals surface area contributed by atoms with Crippen molar-refractivity contribution < 1.29 is 4.79 Å². The van der Waals surface area contributed by atoms with Crippen LogP contribution in [0.4, 0.5) is 11.4 Å². The molecule has 0 unspecified atom stereocenters. The van der Waals surface area contributed by atoms with E-state index >= 15 is 0 Å². The topological polar surface area (TPSA) is 86.0 Å². The van der Waals surface area contributed by atoms with Gasteiger partial charge < -0.3 is 10.1 Å². The van der Waals surface area contributed by atoms with Crippen LogP contribution < -0.4 is 16.6 Å². The summed E-state index contributed by atoms with van der Waals surface area (Å²) in [5, 5.41) is 3.39. The lowest BCUT2D eigenvalue weighted by Crippen LogP contribution is -2.47. The second-order valence-corrected chi connectivity index (χ2v) is 6.61. The quantitative estimate of drug-likeness (QED) is 0.150. The molecule has 1 heterocycles. The minimum absolute atomic E-state index is 0.573. The summed E-state index contributed by atoms with van der Waals surface area (Å²) >= 11 is 1.89. The van der Waals surface area contributed by atoms with Crippen LogP contribution in [-0.2, 0) is 4.79 Å². The highest BCUT2D eigenvalue weighted by Crippen LogP contribution is 2.23. The summed E-state index contributed by atoms with van der Waals surface area (Å²) in [4.78, 5) is 19.2. The number of para-hydroxylation sites is 2. The van der Waals surface area contributed by atoms with Crippen molar-refractivity contribution in [3.63, 3.8) is 0 Å². The van der Waals surface area contributed by atoms with Crippen molar-refractivity contribution in [1.29, 1.82) is 0 Å². The predicted molar refractivity (Wildman–Crippen MR) is 109 cm³/mol. The lowest BCUT2D eigenvalue weighted by molar-refractivity contribution is -0.109. The molecule has 25 heavy (non-hydrogen) atoms. The molecule has 1 fully saturated rings. The van der Waals surface area contributed by atoms with Crippen LogP contribution in [0.2, 0.25) is 0 Å². The molecule has 1 aromatic carbocycles. The summed E-state index contributed by atoms with van der Waals surface area (Å²) in [6.45, 7) is 9.38. The van der Waals surface area contributed by atoms with Crippen LogP contribution in [-0.4, -0.2) is 80.7 Å². The van der Waals surface area contributed by atoms with Gasteiger partial charge in [0.15, 0.2) is 0 Å². The maximum atomic E-state index is 10.5. The number of nitrogens with zero attached hydrogens (tertiary/aromatic N) is 3. The minimum Gasteiger partial charge on any atom is -0.374 e. The zero-order chi connectivity index (χ0) is 18.3. The van der Waals surface area contributed by atoms with Gasteiger partial charge in [-0.25, -0.2) is 0 Å². The van der Waals surface area contributed by atoms with Crippen molar-refractivity contribution in [3.8, 4) is 0 Å². The fraction of sp³-hybridized carbons (Fsp3) is 0.529. The van der Waals surface area contributed by atoms with Crippen molar-refractivity contribution in [2.75, 3.05) is 63.3 Å². The first-order valence-corrected chi connectivity index (χ1v) is 9.53. The highest BCUT2D eigenvalue weighted by molar-refractivity contribution is 7.99. The third-order valence-corrected chi connectivity index (χ3v) is 4.61. The summed E-state index contributed by atoms with van der Waals surface area (Å²) in [7, 11) is 1.65. The van der Waals surface area contributed by atoms with Gasteiger partial charge in [-0.2, -0.15) is 0 Å². The average molecular weight is 367 g/mol. The predicted octanol–water partition coefficient (Wildman–Crippen LogP) is 1.02. The first-order valence-electron chi connectivity index (χ1n) is 8.38. The number of benzene rings is 1. The molecule has 1 saturated heterocycles. The molecular weight excluding hydrogens is 336 g/mol. The molecule has 7 nitrogen and oxygen atoms in total. The van der Waals surface area contributed by atoms with Crippen LogP contribution in [0.1, 0.15) is 0 Å². The zero-order valence-corrected chi connectivity index (χ0v) is 15.8. The molecular formula is C17H30N6OS. The number of hydrazine groups is 1. The molecule has 0 saturated carbocycles. The van der Waals surface area contributed by atoms with E-state index in [-0.39, 0.29) is 0 Å². The number of thioether (sulfide) groups is 1. The number of carbonyl (C=O) groups is 1. The Morgan fingerprint density at radius 1 is 1.28 bits per heavy atom. The third kappa shape index (κ3) is 8.99. The van der Waals surface area contributed by atoms with Gasteiger partial charge in [-0.3, -0.25) is 26.1 Å².